The smallest absolute Gasteiger partial charge is 0.481 e. The van der Waals surface area contributed by atoms with Crippen molar-refractivity contribution in [3.05, 3.63) is 58.8 Å². The summed E-state index contributed by atoms with van der Waals surface area (Å²) in [6, 6.07) is 10.4. The molecule has 7 nitrogen and oxygen atoms in total. The second kappa shape index (κ2) is 7.65. The van der Waals surface area contributed by atoms with Crippen molar-refractivity contribution in [1.82, 2.24) is 9.97 Å². The molecule has 1 saturated carbocycles. The molecule has 3 heterocycles. The van der Waals surface area contributed by atoms with Gasteiger partial charge in [-0.1, -0.05) is 6.07 Å². The zero-order valence-electron chi connectivity index (χ0n) is 19.3. The van der Waals surface area contributed by atoms with Gasteiger partial charge in [0.25, 0.3) is 0 Å². The molecule has 5 rings (SSSR count). The molecule has 0 saturated heterocycles. The zero-order valence-corrected chi connectivity index (χ0v) is 19.3. The molecule has 1 aliphatic carbocycles. The number of methoxy groups -OCH3 is 1. The number of amidine groups is 1. The van der Waals surface area contributed by atoms with Crippen molar-refractivity contribution in [2.24, 2.45) is 10.7 Å². The quantitative estimate of drug-likeness (QED) is 0.415. The van der Waals surface area contributed by atoms with Crippen LogP contribution >= 0.6 is 0 Å². The number of aliphatic imine (C=N–C) groups is 1. The van der Waals surface area contributed by atoms with Gasteiger partial charge in [0.15, 0.2) is 17.3 Å². The second-order valence-corrected chi connectivity index (χ2v) is 8.67. The van der Waals surface area contributed by atoms with Gasteiger partial charge < -0.3 is 19.9 Å². The van der Waals surface area contributed by atoms with Crippen LogP contribution in [0.15, 0.2) is 41.4 Å². The van der Waals surface area contributed by atoms with Crippen LogP contribution in [0.5, 0.6) is 17.4 Å². The normalized spacial score (nSPS) is 17.5. The molecular formula is C25H24F2N4O3. The van der Waals surface area contributed by atoms with E-state index < -0.39 is 11.7 Å². The molecule has 2 N–H and O–H groups in total. The number of nitrogens with zero attached hydrogens (tertiary/aromatic N) is 3. The van der Waals surface area contributed by atoms with E-state index in [0.29, 0.717) is 17.5 Å². The molecule has 176 valence electrons. The van der Waals surface area contributed by atoms with Crippen LogP contribution < -0.4 is 19.9 Å². The van der Waals surface area contributed by atoms with Crippen LogP contribution in [0, 0.1) is 20.8 Å². The Morgan fingerprint density at radius 3 is 2.44 bits per heavy atom. The van der Waals surface area contributed by atoms with Crippen LogP contribution in [0.3, 0.4) is 0 Å². The van der Waals surface area contributed by atoms with Gasteiger partial charge in [0.1, 0.15) is 5.84 Å². The number of alkyl halides is 2. The Morgan fingerprint density at radius 2 is 1.76 bits per heavy atom. The first-order chi connectivity index (χ1) is 16.1. The number of fused-ring (bicyclic) bond motifs is 1. The maximum Gasteiger partial charge on any atom is 0.586 e. The maximum absolute atomic E-state index is 13.4. The number of nitrogens with two attached hydrogens (primary N) is 1. The van der Waals surface area contributed by atoms with Gasteiger partial charge in [-0.25, -0.2) is 15.0 Å². The van der Waals surface area contributed by atoms with Crippen molar-refractivity contribution in [3.8, 4) is 28.6 Å². The molecule has 0 unspecified atom stereocenters. The van der Waals surface area contributed by atoms with Crippen LogP contribution in [0.2, 0.25) is 0 Å². The standard InChI is InChI=1S/C25H24F2N4O3/c1-13-11-20(30-22(14(13)2)17-6-8-21(32-4)29-15(17)3)31-23(28)24(9-10-24)16-5-7-18-19(12-16)34-25(26,27)33-18/h5-8,11-12H,9-10H2,1-4H3,(H2,28,30,31). The largest absolute Gasteiger partial charge is 0.586 e. The molecular weight excluding hydrogens is 442 g/mol. The lowest BCUT2D eigenvalue weighted by molar-refractivity contribution is -0.286. The number of ether oxygens (including phenoxy) is 3. The molecule has 0 radical (unpaired) electrons. The summed E-state index contributed by atoms with van der Waals surface area (Å²) in [5.41, 5.74) is 11.2. The highest BCUT2D eigenvalue weighted by Gasteiger charge is 2.50. The van der Waals surface area contributed by atoms with E-state index in [4.69, 9.17) is 15.5 Å². The van der Waals surface area contributed by atoms with Crippen molar-refractivity contribution in [3.63, 3.8) is 0 Å². The maximum atomic E-state index is 13.4. The lowest BCUT2D eigenvalue weighted by Crippen LogP contribution is -2.28. The minimum atomic E-state index is -3.66. The van der Waals surface area contributed by atoms with Crippen LogP contribution in [-0.2, 0) is 5.41 Å². The van der Waals surface area contributed by atoms with Gasteiger partial charge in [0.05, 0.1) is 23.9 Å². The van der Waals surface area contributed by atoms with E-state index in [-0.39, 0.29) is 11.5 Å². The molecule has 9 heteroatoms. The number of aromatic nitrogens is 2. The van der Waals surface area contributed by atoms with Gasteiger partial charge in [0.2, 0.25) is 5.88 Å². The first-order valence-electron chi connectivity index (χ1n) is 10.9. The monoisotopic (exact) mass is 466 g/mol. The molecule has 34 heavy (non-hydrogen) atoms. The molecule has 1 aliphatic heterocycles. The van der Waals surface area contributed by atoms with Crippen LogP contribution in [0.25, 0.3) is 11.3 Å². The fourth-order valence-corrected chi connectivity index (χ4v) is 4.24. The molecule has 0 spiro atoms. The summed E-state index contributed by atoms with van der Waals surface area (Å²) in [6.45, 7) is 5.90. The molecule has 0 amide bonds. The number of benzene rings is 1. The highest BCUT2D eigenvalue weighted by molar-refractivity contribution is 5.96. The average molecular weight is 466 g/mol. The fourth-order valence-electron chi connectivity index (χ4n) is 4.24. The van der Waals surface area contributed by atoms with E-state index in [1.54, 1.807) is 25.3 Å². The van der Waals surface area contributed by atoms with E-state index in [0.717, 1.165) is 46.5 Å². The Kier molecular flexibility index (Phi) is 4.96. The van der Waals surface area contributed by atoms with Crippen LogP contribution in [-0.4, -0.2) is 29.2 Å². The third-order valence-corrected chi connectivity index (χ3v) is 6.47. The minimum Gasteiger partial charge on any atom is -0.481 e. The molecule has 1 fully saturated rings. The van der Waals surface area contributed by atoms with Gasteiger partial charge in [-0.3, -0.25) is 0 Å². The Bertz CT molecular complexity index is 1340. The highest BCUT2D eigenvalue weighted by Crippen LogP contribution is 2.52. The average Bonchev–Trinajstić information content (AvgIpc) is 3.53. The van der Waals surface area contributed by atoms with Crippen LogP contribution in [0.1, 0.15) is 35.2 Å². The van der Waals surface area contributed by atoms with E-state index in [1.165, 1.54) is 6.07 Å². The Morgan fingerprint density at radius 1 is 1.03 bits per heavy atom. The third kappa shape index (κ3) is 3.70. The minimum absolute atomic E-state index is 0.00370. The summed E-state index contributed by atoms with van der Waals surface area (Å²) in [5, 5.41) is 0. The zero-order chi connectivity index (χ0) is 24.3. The second-order valence-electron chi connectivity index (χ2n) is 8.67. The summed E-state index contributed by atoms with van der Waals surface area (Å²) in [6.07, 6.45) is -2.17. The summed E-state index contributed by atoms with van der Waals surface area (Å²) < 4.78 is 41.2. The van der Waals surface area contributed by atoms with Gasteiger partial charge >= 0.3 is 6.29 Å². The predicted octanol–water partition coefficient (Wildman–Crippen LogP) is 5.12. The topological polar surface area (TPSA) is 91.9 Å². The number of aryl methyl sites for hydroxylation is 2. The lowest BCUT2D eigenvalue weighted by atomic mass is 9.94. The van der Waals surface area contributed by atoms with E-state index in [2.05, 4.69) is 19.5 Å². The number of pyridine rings is 2. The molecule has 3 aromatic rings. The van der Waals surface area contributed by atoms with Crippen molar-refractivity contribution >= 4 is 11.7 Å². The number of halogens is 2. The third-order valence-electron chi connectivity index (χ3n) is 6.47. The van der Waals surface area contributed by atoms with Gasteiger partial charge in [-0.15, -0.1) is 8.78 Å². The molecule has 1 aromatic carbocycles. The highest BCUT2D eigenvalue weighted by atomic mass is 19.3. The van der Waals surface area contributed by atoms with Gasteiger partial charge in [-0.2, -0.15) is 0 Å². The molecule has 0 atom stereocenters. The predicted molar refractivity (Wildman–Crippen MR) is 123 cm³/mol. The number of hydrogen-bond donors (Lipinski definition) is 1. The van der Waals surface area contributed by atoms with Crippen LogP contribution in [0.4, 0.5) is 14.6 Å². The van der Waals surface area contributed by atoms with Gasteiger partial charge in [-0.05, 0) is 74.6 Å². The van der Waals surface area contributed by atoms with Crippen molar-refractivity contribution < 1.29 is 23.0 Å². The summed E-state index contributed by atoms with van der Waals surface area (Å²) in [4.78, 5) is 13.9. The van der Waals surface area contributed by atoms with Crippen molar-refractivity contribution in [1.29, 1.82) is 0 Å². The Hall–Kier alpha value is -3.75. The van der Waals surface area contributed by atoms with E-state index in [1.807, 2.05) is 32.9 Å². The number of rotatable bonds is 5. The lowest BCUT2D eigenvalue weighted by Gasteiger charge is -2.17. The SMILES string of the molecule is COc1ccc(-c2nc(N=C(N)C3(c4ccc5c(c4)OC(F)(F)O5)CC3)cc(C)c2C)c(C)n1. The molecule has 2 aromatic heterocycles. The summed E-state index contributed by atoms with van der Waals surface area (Å²) in [5.74, 6) is 1.39. The Balaban J connectivity index is 1.51. The molecule has 0 bridgehead atoms. The summed E-state index contributed by atoms with van der Waals surface area (Å²) >= 11 is 0. The molecule has 2 aliphatic rings. The van der Waals surface area contributed by atoms with E-state index in [9.17, 15) is 8.78 Å². The number of hydrogen-bond acceptors (Lipinski definition) is 6. The van der Waals surface area contributed by atoms with E-state index >= 15 is 0 Å². The Labute approximate surface area is 195 Å². The fraction of sp³-hybridized carbons (Fsp3) is 0.320. The first-order valence-corrected chi connectivity index (χ1v) is 10.9. The first kappa shape index (κ1) is 22.1. The van der Waals surface area contributed by atoms with Gasteiger partial charge in [0, 0.05) is 11.6 Å². The van der Waals surface area contributed by atoms with Crippen molar-refractivity contribution in [2.75, 3.05) is 7.11 Å². The van der Waals surface area contributed by atoms with Crippen molar-refractivity contribution in [2.45, 2.75) is 45.3 Å². The summed E-state index contributed by atoms with van der Waals surface area (Å²) in [7, 11) is 1.58.